The second-order valence-corrected chi connectivity index (χ2v) is 9.39. The fraction of sp³-hybridized carbons (Fsp3) is 0.222. The molecule has 0 aliphatic carbocycles. The van der Waals surface area contributed by atoms with E-state index in [2.05, 4.69) is 36.7 Å². The number of ether oxygens (including phenoxy) is 1. The van der Waals surface area contributed by atoms with Gasteiger partial charge in [-0.15, -0.1) is 10.2 Å². The quantitative estimate of drug-likeness (QED) is 0.533. The number of methoxy groups -OCH3 is 1. The Hall–Kier alpha value is -2.83. The van der Waals surface area contributed by atoms with Gasteiger partial charge in [-0.3, -0.25) is 4.79 Å². The van der Waals surface area contributed by atoms with E-state index in [0.29, 0.717) is 11.5 Å². The van der Waals surface area contributed by atoms with Gasteiger partial charge in [0.15, 0.2) is 0 Å². The largest absolute Gasteiger partial charge is 0.495 e. The molecule has 0 spiro atoms. The molecule has 10 nitrogen and oxygen atoms in total. The summed E-state index contributed by atoms with van der Waals surface area (Å²) in [5.74, 6) is 0.131. The summed E-state index contributed by atoms with van der Waals surface area (Å²) in [7, 11) is 0.455. The molecule has 1 amide bonds. The molecule has 0 atom stereocenters. The van der Waals surface area contributed by atoms with Crippen LogP contribution < -0.4 is 10.1 Å². The first-order chi connectivity index (χ1) is 14.2. The number of aromatic nitrogens is 4. The lowest BCUT2D eigenvalue weighted by Gasteiger charge is -2.15. The predicted molar refractivity (Wildman–Crippen MR) is 113 cm³/mol. The lowest BCUT2D eigenvalue weighted by molar-refractivity contribution is -0.117. The minimum Gasteiger partial charge on any atom is -0.495 e. The van der Waals surface area contributed by atoms with Crippen molar-refractivity contribution in [3.63, 3.8) is 0 Å². The molecule has 30 heavy (non-hydrogen) atoms. The molecule has 1 N–H and O–H groups in total. The standard InChI is InChI=1S/C18H19BrN6O4S/c1-24(2)30(27,28)16-10-14(8-9-15(16)29-3)20-17(26)11-25-22-18(21-23-25)12-4-6-13(19)7-5-12/h4-10H,11H2,1-3H3,(H,20,26). The van der Waals surface area contributed by atoms with E-state index in [1.165, 1.54) is 33.3 Å². The van der Waals surface area contributed by atoms with Crippen molar-refractivity contribution in [3.8, 4) is 17.1 Å². The molecular weight excluding hydrogens is 476 g/mol. The van der Waals surface area contributed by atoms with Crippen LogP contribution in [0, 0.1) is 0 Å². The van der Waals surface area contributed by atoms with Gasteiger partial charge in [0.25, 0.3) is 0 Å². The van der Waals surface area contributed by atoms with Crippen molar-refractivity contribution in [2.45, 2.75) is 11.4 Å². The van der Waals surface area contributed by atoms with Crippen LogP contribution in [0.1, 0.15) is 0 Å². The zero-order valence-electron chi connectivity index (χ0n) is 16.4. The third kappa shape index (κ3) is 4.83. The van der Waals surface area contributed by atoms with Crippen LogP contribution in [0.5, 0.6) is 5.75 Å². The van der Waals surface area contributed by atoms with E-state index in [0.717, 1.165) is 19.1 Å². The van der Waals surface area contributed by atoms with Gasteiger partial charge in [0.05, 0.1) is 7.11 Å². The van der Waals surface area contributed by atoms with Gasteiger partial charge in [0.1, 0.15) is 17.2 Å². The van der Waals surface area contributed by atoms with Crippen molar-refractivity contribution in [1.29, 1.82) is 0 Å². The van der Waals surface area contributed by atoms with Gasteiger partial charge >= 0.3 is 0 Å². The third-order valence-corrected chi connectivity index (χ3v) is 6.41. The zero-order chi connectivity index (χ0) is 21.9. The number of tetrazole rings is 1. The summed E-state index contributed by atoms with van der Waals surface area (Å²) in [6, 6.07) is 11.7. The van der Waals surface area contributed by atoms with Crippen molar-refractivity contribution in [2.24, 2.45) is 0 Å². The van der Waals surface area contributed by atoms with Gasteiger partial charge in [-0.25, -0.2) is 12.7 Å². The van der Waals surface area contributed by atoms with Crippen LogP contribution in [0.4, 0.5) is 5.69 Å². The number of carbonyl (C=O) groups is 1. The summed E-state index contributed by atoms with van der Waals surface area (Å²) in [4.78, 5) is 13.5. The SMILES string of the molecule is COc1ccc(NC(=O)Cn2nnc(-c3ccc(Br)cc3)n2)cc1S(=O)(=O)N(C)C. The Kier molecular flexibility index (Phi) is 6.48. The zero-order valence-corrected chi connectivity index (χ0v) is 18.8. The molecule has 0 saturated carbocycles. The molecule has 0 bridgehead atoms. The summed E-state index contributed by atoms with van der Waals surface area (Å²) in [5.41, 5.74) is 1.06. The Morgan fingerprint density at radius 3 is 2.53 bits per heavy atom. The topological polar surface area (TPSA) is 119 Å². The molecule has 3 aromatic rings. The number of anilines is 1. The van der Waals surface area contributed by atoms with E-state index in [9.17, 15) is 13.2 Å². The van der Waals surface area contributed by atoms with Gasteiger partial charge in [0.2, 0.25) is 21.8 Å². The maximum absolute atomic E-state index is 12.5. The monoisotopic (exact) mass is 494 g/mol. The molecule has 2 aromatic carbocycles. The number of sulfonamides is 1. The second-order valence-electron chi connectivity index (χ2n) is 6.35. The van der Waals surface area contributed by atoms with Crippen molar-refractivity contribution in [3.05, 3.63) is 46.9 Å². The van der Waals surface area contributed by atoms with Crippen LogP contribution in [0.15, 0.2) is 51.8 Å². The van der Waals surface area contributed by atoms with E-state index in [-0.39, 0.29) is 17.2 Å². The first-order valence-corrected chi connectivity index (χ1v) is 10.9. The van der Waals surface area contributed by atoms with Crippen molar-refractivity contribution in [1.82, 2.24) is 24.5 Å². The summed E-state index contributed by atoms with van der Waals surface area (Å²) in [6.07, 6.45) is 0. The van der Waals surface area contributed by atoms with Gasteiger partial charge < -0.3 is 10.1 Å². The van der Waals surface area contributed by atoms with Crippen LogP contribution >= 0.6 is 15.9 Å². The Balaban J connectivity index is 1.75. The molecule has 3 rings (SSSR count). The number of benzene rings is 2. The minimum atomic E-state index is -3.75. The van der Waals surface area contributed by atoms with Crippen molar-refractivity contribution >= 4 is 37.5 Å². The van der Waals surface area contributed by atoms with Gasteiger partial charge in [-0.2, -0.15) is 4.80 Å². The summed E-state index contributed by atoms with van der Waals surface area (Å²) < 4.78 is 32.1. The Labute approximate surface area is 182 Å². The number of nitrogens with one attached hydrogen (secondary N) is 1. The molecule has 0 fully saturated rings. The first kappa shape index (κ1) is 21.9. The molecule has 0 aliphatic rings. The fourth-order valence-corrected chi connectivity index (χ4v) is 3.85. The highest BCUT2D eigenvalue weighted by molar-refractivity contribution is 9.10. The molecule has 1 heterocycles. The fourth-order valence-electron chi connectivity index (χ4n) is 2.51. The second kappa shape index (κ2) is 8.90. The third-order valence-electron chi connectivity index (χ3n) is 4.05. The molecular formula is C18H19BrN6O4S. The summed E-state index contributed by atoms with van der Waals surface area (Å²) in [6.45, 7) is -0.189. The van der Waals surface area contributed by atoms with Crippen LogP contribution in [-0.2, 0) is 21.4 Å². The van der Waals surface area contributed by atoms with Gasteiger partial charge in [0, 0.05) is 29.8 Å². The summed E-state index contributed by atoms with van der Waals surface area (Å²) in [5, 5.41) is 14.7. The maximum Gasteiger partial charge on any atom is 0.248 e. The molecule has 0 radical (unpaired) electrons. The normalized spacial score (nSPS) is 11.5. The highest BCUT2D eigenvalue weighted by Gasteiger charge is 2.23. The number of hydrogen-bond acceptors (Lipinski definition) is 7. The van der Waals surface area contributed by atoms with Gasteiger partial charge in [-0.05, 0) is 47.7 Å². The van der Waals surface area contributed by atoms with E-state index in [1.807, 2.05) is 24.3 Å². The van der Waals surface area contributed by atoms with Crippen molar-refractivity contribution < 1.29 is 17.9 Å². The number of amides is 1. The molecule has 1 aromatic heterocycles. The van der Waals surface area contributed by atoms with E-state index in [4.69, 9.17) is 4.74 Å². The Morgan fingerprint density at radius 1 is 1.20 bits per heavy atom. The Bertz CT molecular complexity index is 1160. The predicted octanol–water partition coefficient (Wildman–Crippen LogP) is 2.00. The van der Waals surface area contributed by atoms with E-state index < -0.39 is 15.9 Å². The number of halogens is 1. The number of nitrogens with zero attached hydrogens (tertiary/aromatic N) is 5. The first-order valence-electron chi connectivity index (χ1n) is 8.65. The molecule has 0 aliphatic heterocycles. The summed E-state index contributed by atoms with van der Waals surface area (Å²) >= 11 is 3.36. The maximum atomic E-state index is 12.5. The molecule has 158 valence electrons. The number of hydrogen-bond donors (Lipinski definition) is 1. The average Bonchev–Trinajstić information content (AvgIpc) is 3.16. The average molecular weight is 495 g/mol. The molecule has 0 saturated heterocycles. The number of carbonyl (C=O) groups excluding carboxylic acids is 1. The molecule has 12 heteroatoms. The van der Waals surface area contributed by atoms with Gasteiger partial charge in [-0.1, -0.05) is 15.9 Å². The van der Waals surface area contributed by atoms with E-state index >= 15 is 0 Å². The highest BCUT2D eigenvalue weighted by Crippen LogP contribution is 2.28. The van der Waals surface area contributed by atoms with Crippen LogP contribution in [0.2, 0.25) is 0 Å². The molecule has 0 unspecified atom stereocenters. The van der Waals surface area contributed by atoms with Crippen LogP contribution in [0.25, 0.3) is 11.4 Å². The minimum absolute atomic E-state index is 0.0517. The lowest BCUT2D eigenvalue weighted by Crippen LogP contribution is -2.24. The van der Waals surface area contributed by atoms with E-state index in [1.54, 1.807) is 6.07 Å². The number of rotatable bonds is 7. The van der Waals surface area contributed by atoms with Crippen LogP contribution in [0.3, 0.4) is 0 Å². The Morgan fingerprint density at radius 2 is 1.90 bits per heavy atom. The highest BCUT2D eigenvalue weighted by atomic mass is 79.9. The van der Waals surface area contributed by atoms with Crippen LogP contribution in [-0.4, -0.2) is 60.0 Å². The van der Waals surface area contributed by atoms with Crippen molar-refractivity contribution in [2.75, 3.05) is 26.5 Å². The lowest BCUT2D eigenvalue weighted by atomic mass is 10.2. The smallest absolute Gasteiger partial charge is 0.248 e.